The molecule has 8 heteroatoms. The van der Waals surface area contributed by atoms with E-state index in [1.165, 1.54) is 0 Å². The van der Waals surface area contributed by atoms with Gasteiger partial charge in [-0.2, -0.15) is 0 Å². The number of aromatic nitrogens is 3. The van der Waals surface area contributed by atoms with Crippen LogP contribution in [0.25, 0.3) is 0 Å². The van der Waals surface area contributed by atoms with Gasteiger partial charge >= 0.3 is 6.09 Å². The Morgan fingerprint density at radius 2 is 1.84 bits per heavy atom. The summed E-state index contributed by atoms with van der Waals surface area (Å²) in [6.07, 6.45) is 6.21. The summed E-state index contributed by atoms with van der Waals surface area (Å²) < 4.78 is 7.58. The molecule has 162 valence electrons. The smallest absolute Gasteiger partial charge is 0.410 e. The highest BCUT2D eigenvalue weighted by Crippen LogP contribution is 2.22. The number of carbonyl (C=O) groups is 1. The SMILES string of the molecule is Cn1ccnc1SCc1ccc(OC(=O)N2CCN(CCc3ccccn3)CC2)cc1. The monoisotopic (exact) mass is 437 g/mol. The maximum absolute atomic E-state index is 12.5. The van der Waals surface area contributed by atoms with Crippen LogP contribution in [0.15, 0.2) is 66.2 Å². The highest BCUT2D eigenvalue weighted by Gasteiger charge is 2.22. The molecule has 1 aliphatic heterocycles. The second-order valence-corrected chi connectivity index (χ2v) is 8.46. The number of hydrogen-bond donors (Lipinski definition) is 0. The minimum atomic E-state index is -0.278. The zero-order valence-electron chi connectivity index (χ0n) is 17.7. The van der Waals surface area contributed by atoms with Gasteiger partial charge in [0, 0.05) is 76.2 Å². The van der Waals surface area contributed by atoms with Crippen molar-refractivity contribution in [2.45, 2.75) is 17.3 Å². The highest BCUT2D eigenvalue weighted by molar-refractivity contribution is 7.98. The van der Waals surface area contributed by atoms with Gasteiger partial charge in [0.1, 0.15) is 5.75 Å². The molecule has 0 bridgehead atoms. The summed E-state index contributed by atoms with van der Waals surface area (Å²) >= 11 is 1.68. The van der Waals surface area contributed by atoms with Crippen LogP contribution in [0.3, 0.4) is 0 Å². The number of piperazine rings is 1. The van der Waals surface area contributed by atoms with E-state index in [1.807, 2.05) is 60.4 Å². The maximum atomic E-state index is 12.5. The van der Waals surface area contributed by atoms with Crippen LogP contribution in [0.1, 0.15) is 11.3 Å². The molecule has 0 N–H and O–H groups in total. The van der Waals surface area contributed by atoms with E-state index in [-0.39, 0.29) is 6.09 Å². The molecular weight excluding hydrogens is 410 g/mol. The summed E-state index contributed by atoms with van der Waals surface area (Å²) in [6.45, 7) is 4.02. The molecule has 31 heavy (non-hydrogen) atoms. The van der Waals surface area contributed by atoms with E-state index in [4.69, 9.17) is 4.74 Å². The minimum absolute atomic E-state index is 0.278. The molecule has 3 heterocycles. The first-order chi connectivity index (χ1) is 15.2. The predicted molar refractivity (Wildman–Crippen MR) is 121 cm³/mol. The standard InChI is InChI=1S/C23H27N5O2S/c1-26-13-11-25-22(26)31-18-19-5-7-21(8-6-19)30-23(29)28-16-14-27(15-17-28)12-9-20-4-2-3-10-24-20/h2-8,10-11,13H,9,12,14-18H2,1H3. The number of benzene rings is 1. The Kier molecular flexibility index (Phi) is 7.22. The molecule has 0 radical (unpaired) electrons. The van der Waals surface area contributed by atoms with Gasteiger partial charge in [-0.3, -0.25) is 9.88 Å². The zero-order valence-corrected chi connectivity index (χ0v) is 18.5. The lowest BCUT2D eigenvalue weighted by Crippen LogP contribution is -2.49. The fourth-order valence-electron chi connectivity index (χ4n) is 3.43. The number of aryl methyl sites for hydroxylation is 1. The average Bonchev–Trinajstić information content (AvgIpc) is 3.23. The second kappa shape index (κ2) is 10.5. The van der Waals surface area contributed by atoms with Gasteiger partial charge in [-0.05, 0) is 29.8 Å². The Bertz CT molecular complexity index is 969. The topological polar surface area (TPSA) is 63.5 Å². The lowest BCUT2D eigenvalue weighted by Gasteiger charge is -2.33. The first kappa shape index (κ1) is 21.4. The molecule has 0 unspecified atom stereocenters. The number of hydrogen-bond acceptors (Lipinski definition) is 6. The second-order valence-electron chi connectivity index (χ2n) is 7.52. The number of nitrogens with zero attached hydrogens (tertiary/aromatic N) is 5. The van der Waals surface area contributed by atoms with Crippen LogP contribution in [0.5, 0.6) is 5.75 Å². The van der Waals surface area contributed by atoms with Crippen molar-refractivity contribution in [2.24, 2.45) is 7.05 Å². The van der Waals surface area contributed by atoms with Gasteiger partial charge in [-0.15, -0.1) is 0 Å². The van der Waals surface area contributed by atoms with Crippen molar-refractivity contribution in [3.05, 3.63) is 72.3 Å². The zero-order chi connectivity index (χ0) is 21.5. The van der Waals surface area contributed by atoms with Crippen LogP contribution in [-0.2, 0) is 19.2 Å². The largest absolute Gasteiger partial charge is 0.415 e. The number of pyridine rings is 1. The molecule has 0 saturated carbocycles. The van der Waals surface area contributed by atoms with Crippen molar-refractivity contribution < 1.29 is 9.53 Å². The molecule has 0 atom stereocenters. The van der Waals surface area contributed by atoms with E-state index in [2.05, 4.69) is 20.9 Å². The Morgan fingerprint density at radius 3 is 2.52 bits per heavy atom. The molecular formula is C23H27N5O2S. The minimum Gasteiger partial charge on any atom is -0.410 e. The summed E-state index contributed by atoms with van der Waals surface area (Å²) in [5, 5.41) is 0.981. The van der Waals surface area contributed by atoms with Crippen LogP contribution in [0.2, 0.25) is 0 Å². The first-order valence-electron chi connectivity index (χ1n) is 10.5. The molecule has 1 fully saturated rings. The van der Waals surface area contributed by atoms with Gasteiger partial charge in [-0.1, -0.05) is 30.0 Å². The third-order valence-corrected chi connectivity index (χ3v) is 6.44. The molecule has 1 aromatic carbocycles. The third-order valence-electron chi connectivity index (χ3n) is 5.31. The summed E-state index contributed by atoms with van der Waals surface area (Å²) in [5.74, 6) is 1.40. The van der Waals surface area contributed by atoms with Crippen molar-refractivity contribution in [3.8, 4) is 5.75 Å². The van der Waals surface area contributed by atoms with Crippen LogP contribution in [0.4, 0.5) is 4.79 Å². The van der Waals surface area contributed by atoms with Crippen LogP contribution in [-0.4, -0.2) is 63.2 Å². The van der Waals surface area contributed by atoms with Gasteiger partial charge in [0.05, 0.1) is 0 Å². The summed E-state index contributed by atoms with van der Waals surface area (Å²) in [7, 11) is 1.98. The van der Waals surface area contributed by atoms with E-state index >= 15 is 0 Å². The van der Waals surface area contributed by atoms with Crippen LogP contribution >= 0.6 is 11.8 Å². The molecule has 7 nitrogen and oxygen atoms in total. The van der Waals surface area contributed by atoms with Crippen molar-refractivity contribution in [1.29, 1.82) is 0 Å². The molecule has 1 amide bonds. The normalized spacial score (nSPS) is 14.5. The van der Waals surface area contributed by atoms with Crippen molar-refractivity contribution in [3.63, 3.8) is 0 Å². The van der Waals surface area contributed by atoms with E-state index in [0.29, 0.717) is 18.8 Å². The van der Waals surface area contributed by atoms with Crippen molar-refractivity contribution in [1.82, 2.24) is 24.3 Å². The van der Waals surface area contributed by atoms with E-state index in [0.717, 1.165) is 48.2 Å². The number of ether oxygens (including phenoxy) is 1. The molecule has 3 aromatic rings. The van der Waals surface area contributed by atoms with Gasteiger partial charge < -0.3 is 14.2 Å². The Balaban J connectivity index is 1.19. The molecule has 2 aromatic heterocycles. The summed E-state index contributed by atoms with van der Waals surface area (Å²) in [6, 6.07) is 13.7. The van der Waals surface area contributed by atoms with E-state index in [9.17, 15) is 4.79 Å². The van der Waals surface area contributed by atoms with Gasteiger partial charge in [-0.25, -0.2) is 9.78 Å². The fourth-order valence-corrected chi connectivity index (χ4v) is 4.32. The van der Waals surface area contributed by atoms with Crippen LogP contribution < -0.4 is 4.74 Å². The van der Waals surface area contributed by atoms with E-state index in [1.54, 1.807) is 22.9 Å². The van der Waals surface area contributed by atoms with Gasteiger partial charge in [0.15, 0.2) is 5.16 Å². The molecule has 1 saturated heterocycles. The maximum Gasteiger partial charge on any atom is 0.415 e. The van der Waals surface area contributed by atoms with Crippen molar-refractivity contribution in [2.75, 3.05) is 32.7 Å². The molecule has 4 rings (SSSR count). The van der Waals surface area contributed by atoms with Crippen molar-refractivity contribution >= 4 is 17.9 Å². The lowest BCUT2D eigenvalue weighted by molar-refractivity contribution is 0.111. The highest BCUT2D eigenvalue weighted by atomic mass is 32.2. The third kappa shape index (κ3) is 6.08. The molecule has 0 aliphatic carbocycles. The number of carbonyl (C=O) groups excluding carboxylic acids is 1. The number of imidazole rings is 1. The molecule has 1 aliphatic rings. The average molecular weight is 438 g/mol. The summed E-state index contributed by atoms with van der Waals surface area (Å²) in [5.41, 5.74) is 2.26. The molecule has 0 spiro atoms. The number of thioether (sulfide) groups is 1. The van der Waals surface area contributed by atoms with E-state index < -0.39 is 0 Å². The fraction of sp³-hybridized carbons (Fsp3) is 0.348. The number of amides is 1. The Morgan fingerprint density at radius 1 is 1.03 bits per heavy atom. The number of rotatable bonds is 7. The predicted octanol–water partition coefficient (Wildman–Crippen LogP) is 3.47. The summed E-state index contributed by atoms with van der Waals surface area (Å²) in [4.78, 5) is 25.4. The van der Waals surface area contributed by atoms with Gasteiger partial charge in [0.2, 0.25) is 0 Å². The quantitative estimate of drug-likeness (QED) is 0.528. The van der Waals surface area contributed by atoms with Gasteiger partial charge in [0.25, 0.3) is 0 Å². The lowest BCUT2D eigenvalue weighted by atomic mass is 10.2. The Hall–Kier alpha value is -2.84. The van der Waals surface area contributed by atoms with Crippen LogP contribution in [0, 0.1) is 0 Å². The Labute approximate surface area is 187 Å². The first-order valence-corrected chi connectivity index (χ1v) is 11.4.